The molecule has 0 aliphatic rings. The summed E-state index contributed by atoms with van der Waals surface area (Å²) in [5, 5.41) is 0. The van der Waals surface area contributed by atoms with E-state index in [1.54, 1.807) is 0 Å². The van der Waals surface area contributed by atoms with Gasteiger partial charge in [0.25, 0.3) is 0 Å². The third kappa shape index (κ3) is 17.1. The maximum Gasteiger partial charge on any atom is -0.0263 e. The molecule has 0 fully saturated rings. The van der Waals surface area contributed by atoms with Crippen molar-refractivity contribution in [3.8, 4) is 0 Å². The Morgan fingerprint density at radius 1 is 0.519 bits per heavy atom. The second kappa shape index (κ2) is 20.2. The molecule has 0 heteroatoms. The molecule has 0 N–H and O–H groups in total. The number of rotatable bonds is 10. The van der Waals surface area contributed by atoms with Crippen LogP contribution < -0.4 is 0 Å². The molecule has 0 spiro atoms. The van der Waals surface area contributed by atoms with E-state index in [-0.39, 0.29) is 0 Å². The van der Waals surface area contributed by atoms with Gasteiger partial charge in [0.1, 0.15) is 0 Å². The van der Waals surface area contributed by atoms with Gasteiger partial charge in [-0.15, -0.1) is 0 Å². The van der Waals surface area contributed by atoms with Crippen molar-refractivity contribution in [2.24, 2.45) is 0 Å². The van der Waals surface area contributed by atoms with E-state index in [0.29, 0.717) is 0 Å². The molecular formula is C27H40. The highest BCUT2D eigenvalue weighted by Gasteiger charge is 1.89. The zero-order chi connectivity index (χ0) is 20.0. The first-order chi connectivity index (χ1) is 13.3. The molecule has 0 unspecified atom stereocenters. The lowest BCUT2D eigenvalue weighted by atomic mass is 10.1. The van der Waals surface area contributed by atoms with Gasteiger partial charge in [-0.1, -0.05) is 158 Å². The lowest BCUT2D eigenvalue weighted by molar-refractivity contribution is 0.572. The van der Waals surface area contributed by atoms with Gasteiger partial charge in [0.15, 0.2) is 0 Å². The van der Waals surface area contributed by atoms with E-state index in [0.717, 1.165) is 0 Å². The van der Waals surface area contributed by atoms with Crippen LogP contribution in [0.2, 0.25) is 0 Å². The first kappa shape index (κ1) is 24.9. The third-order valence-electron chi connectivity index (χ3n) is 4.28. The number of hydrogen-bond acceptors (Lipinski definition) is 0. The molecule has 0 aromatic heterocycles. The Kier molecular flexibility index (Phi) is 18.7. The molecule has 0 heterocycles. The van der Waals surface area contributed by atoms with Gasteiger partial charge in [0.05, 0.1) is 0 Å². The fourth-order valence-corrected chi connectivity index (χ4v) is 2.56. The van der Waals surface area contributed by atoms with Crippen molar-refractivity contribution >= 4 is 12.2 Å². The molecule has 0 saturated heterocycles. The molecule has 0 radical (unpaired) electrons. The zero-order valence-corrected chi connectivity index (χ0v) is 17.7. The lowest BCUT2D eigenvalue weighted by Crippen LogP contribution is -1.79. The Hall–Kier alpha value is -2.08. The largest absolute Gasteiger partial charge is 0.0985 e. The fourth-order valence-electron chi connectivity index (χ4n) is 2.56. The molecular weight excluding hydrogens is 324 g/mol. The molecule has 148 valence electrons. The summed E-state index contributed by atoms with van der Waals surface area (Å²) in [5.74, 6) is 0. The van der Waals surface area contributed by atoms with Crippen molar-refractivity contribution in [2.75, 3.05) is 0 Å². The van der Waals surface area contributed by atoms with E-state index in [9.17, 15) is 0 Å². The lowest BCUT2D eigenvalue weighted by Gasteiger charge is -1.98. The maximum atomic E-state index is 3.63. The van der Waals surface area contributed by atoms with Crippen LogP contribution in [0, 0.1) is 0 Å². The second-order valence-corrected chi connectivity index (χ2v) is 6.70. The maximum absolute atomic E-state index is 3.63. The van der Waals surface area contributed by atoms with E-state index in [2.05, 4.69) is 27.0 Å². The Morgan fingerprint density at radius 2 is 0.815 bits per heavy atom. The number of unbranched alkanes of at least 4 members (excludes halogenated alkanes) is 8. The van der Waals surface area contributed by atoms with Gasteiger partial charge < -0.3 is 0 Å². The van der Waals surface area contributed by atoms with Crippen LogP contribution in [-0.2, 0) is 0 Å². The van der Waals surface area contributed by atoms with Crippen LogP contribution in [-0.4, -0.2) is 0 Å². The molecule has 0 aliphatic carbocycles. The number of hydrogen-bond donors (Lipinski definition) is 0. The fraction of sp³-hybridized carbons (Fsp3) is 0.407. The minimum Gasteiger partial charge on any atom is -0.0985 e. The Bertz CT molecular complexity index is 487. The topological polar surface area (TPSA) is 0 Å². The Labute approximate surface area is 169 Å². The SMILES string of the molecule is C=Cc1ccccc1.C=Cc1ccccc1.CCCCCCCCCCC. The molecule has 2 rings (SSSR count). The highest BCUT2D eigenvalue weighted by atomic mass is 14.0. The van der Waals surface area contributed by atoms with Crippen LogP contribution in [0.15, 0.2) is 73.8 Å². The first-order valence-electron chi connectivity index (χ1n) is 10.6. The van der Waals surface area contributed by atoms with Gasteiger partial charge in [-0.25, -0.2) is 0 Å². The smallest absolute Gasteiger partial charge is 0.0263 e. The molecule has 2 aromatic rings. The van der Waals surface area contributed by atoms with Crippen molar-refractivity contribution in [3.63, 3.8) is 0 Å². The molecule has 27 heavy (non-hydrogen) atoms. The monoisotopic (exact) mass is 364 g/mol. The van der Waals surface area contributed by atoms with Gasteiger partial charge in [0, 0.05) is 0 Å². The average Bonchev–Trinajstić information content (AvgIpc) is 2.75. The quantitative estimate of drug-likeness (QED) is 0.368. The average molecular weight is 365 g/mol. The van der Waals surface area contributed by atoms with E-state index in [4.69, 9.17) is 0 Å². The van der Waals surface area contributed by atoms with Gasteiger partial charge in [0.2, 0.25) is 0 Å². The van der Waals surface area contributed by atoms with E-state index < -0.39 is 0 Å². The molecule has 0 bridgehead atoms. The van der Waals surface area contributed by atoms with E-state index in [1.807, 2.05) is 72.8 Å². The summed E-state index contributed by atoms with van der Waals surface area (Å²) in [6, 6.07) is 20.1. The second-order valence-electron chi connectivity index (χ2n) is 6.70. The predicted molar refractivity (Wildman–Crippen MR) is 126 cm³/mol. The van der Waals surface area contributed by atoms with Crippen molar-refractivity contribution in [3.05, 3.63) is 84.9 Å². The normalized spacial score (nSPS) is 9.26. The van der Waals surface area contributed by atoms with Gasteiger partial charge in [-0.05, 0) is 11.1 Å². The van der Waals surface area contributed by atoms with Crippen LogP contribution in [0.5, 0.6) is 0 Å². The van der Waals surface area contributed by atoms with Crippen LogP contribution in [0.3, 0.4) is 0 Å². The van der Waals surface area contributed by atoms with Crippen LogP contribution in [0.1, 0.15) is 82.8 Å². The summed E-state index contributed by atoms with van der Waals surface area (Å²) < 4.78 is 0. The third-order valence-corrected chi connectivity index (χ3v) is 4.28. The summed E-state index contributed by atoms with van der Waals surface area (Å²) >= 11 is 0. The molecule has 0 saturated carbocycles. The summed E-state index contributed by atoms with van der Waals surface area (Å²) in [6.07, 6.45) is 16.6. The highest BCUT2D eigenvalue weighted by Crippen LogP contribution is 2.08. The first-order valence-corrected chi connectivity index (χ1v) is 10.6. The molecule has 0 atom stereocenters. The zero-order valence-electron chi connectivity index (χ0n) is 17.7. The standard InChI is InChI=1S/C11H24.2C8H8/c1-3-5-7-9-11-10-8-6-4-2;2*1-2-8-6-4-3-5-7-8/h3-11H2,1-2H3;2*2-7H,1H2. The molecule has 0 aliphatic heterocycles. The van der Waals surface area contributed by atoms with Crippen molar-refractivity contribution < 1.29 is 0 Å². The van der Waals surface area contributed by atoms with Gasteiger partial charge in [-0.2, -0.15) is 0 Å². The van der Waals surface area contributed by atoms with Gasteiger partial charge >= 0.3 is 0 Å². The Balaban J connectivity index is 0.000000381. The summed E-state index contributed by atoms with van der Waals surface area (Å²) in [4.78, 5) is 0. The highest BCUT2D eigenvalue weighted by molar-refractivity contribution is 5.46. The summed E-state index contributed by atoms with van der Waals surface area (Å²) in [6.45, 7) is 11.8. The van der Waals surface area contributed by atoms with E-state index in [1.165, 1.54) is 68.9 Å². The minimum atomic E-state index is 1.17. The molecule has 0 nitrogen and oxygen atoms in total. The van der Waals surface area contributed by atoms with Crippen LogP contribution in [0.4, 0.5) is 0 Å². The summed E-state index contributed by atoms with van der Waals surface area (Å²) in [5.41, 5.74) is 2.35. The Morgan fingerprint density at radius 3 is 1.04 bits per heavy atom. The van der Waals surface area contributed by atoms with E-state index >= 15 is 0 Å². The van der Waals surface area contributed by atoms with Crippen molar-refractivity contribution in [2.45, 2.75) is 71.6 Å². The van der Waals surface area contributed by atoms with Gasteiger partial charge in [-0.3, -0.25) is 0 Å². The summed E-state index contributed by atoms with van der Waals surface area (Å²) in [7, 11) is 0. The van der Waals surface area contributed by atoms with Crippen LogP contribution in [0.25, 0.3) is 12.2 Å². The van der Waals surface area contributed by atoms with Crippen molar-refractivity contribution in [1.29, 1.82) is 0 Å². The number of benzene rings is 2. The van der Waals surface area contributed by atoms with Crippen LogP contribution >= 0.6 is 0 Å². The van der Waals surface area contributed by atoms with Crippen molar-refractivity contribution in [1.82, 2.24) is 0 Å². The predicted octanol–water partition coefficient (Wildman–Crippen LogP) is 9.20. The minimum absolute atomic E-state index is 1.17. The molecule has 0 amide bonds. The molecule has 2 aromatic carbocycles.